The predicted octanol–water partition coefficient (Wildman–Crippen LogP) is 2.00. The van der Waals surface area contributed by atoms with Gasteiger partial charge in [-0.25, -0.2) is 4.39 Å². The summed E-state index contributed by atoms with van der Waals surface area (Å²) in [5.41, 5.74) is 6.17. The summed E-state index contributed by atoms with van der Waals surface area (Å²) in [7, 11) is 0. The van der Waals surface area contributed by atoms with Gasteiger partial charge in [0.05, 0.1) is 6.42 Å². The van der Waals surface area contributed by atoms with E-state index in [0.29, 0.717) is 18.0 Å². The van der Waals surface area contributed by atoms with Gasteiger partial charge in [-0.15, -0.1) is 0 Å². The van der Waals surface area contributed by atoms with E-state index in [1.807, 2.05) is 0 Å². The quantitative estimate of drug-likeness (QED) is 0.854. The van der Waals surface area contributed by atoms with Crippen LogP contribution in [0.5, 0.6) is 0 Å². The van der Waals surface area contributed by atoms with Crippen molar-refractivity contribution in [1.82, 2.24) is 5.32 Å². The third-order valence-corrected chi connectivity index (χ3v) is 3.88. The van der Waals surface area contributed by atoms with Gasteiger partial charge in [0.25, 0.3) is 0 Å². The Balaban J connectivity index is 1.91. The smallest absolute Gasteiger partial charge is 0.224 e. The van der Waals surface area contributed by atoms with Crippen molar-refractivity contribution in [2.75, 3.05) is 6.54 Å². The van der Waals surface area contributed by atoms with Crippen molar-refractivity contribution in [1.29, 1.82) is 0 Å². The van der Waals surface area contributed by atoms with Crippen LogP contribution >= 0.6 is 0 Å². The van der Waals surface area contributed by atoms with E-state index in [1.54, 1.807) is 18.2 Å². The lowest BCUT2D eigenvalue weighted by Crippen LogP contribution is -2.45. The van der Waals surface area contributed by atoms with Crippen LogP contribution in [-0.2, 0) is 11.2 Å². The van der Waals surface area contributed by atoms with Crippen LogP contribution < -0.4 is 11.1 Å². The first-order valence-corrected chi connectivity index (χ1v) is 6.93. The van der Waals surface area contributed by atoms with Gasteiger partial charge in [0.1, 0.15) is 5.82 Å². The third kappa shape index (κ3) is 3.77. The lowest BCUT2D eigenvalue weighted by molar-refractivity contribution is -0.121. The molecule has 3 nitrogen and oxygen atoms in total. The Morgan fingerprint density at radius 2 is 2.05 bits per heavy atom. The van der Waals surface area contributed by atoms with Gasteiger partial charge in [-0.3, -0.25) is 4.79 Å². The Morgan fingerprint density at radius 1 is 1.37 bits per heavy atom. The molecule has 1 amide bonds. The van der Waals surface area contributed by atoms with Crippen LogP contribution in [0.4, 0.5) is 4.39 Å². The van der Waals surface area contributed by atoms with Gasteiger partial charge in [-0.1, -0.05) is 31.0 Å². The fourth-order valence-electron chi connectivity index (χ4n) is 2.80. The molecule has 2 rings (SSSR count). The first-order valence-electron chi connectivity index (χ1n) is 6.93. The molecule has 104 valence electrons. The van der Waals surface area contributed by atoms with Crippen molar-refractivity contribution in [2.45, 2.75) is 38.1 Å². The fourth-order valence-corrected chi connectivity index (χ4v) is 2.80. The highest BCUT2D eigenvalue weighted by Crippen LogP contribution is 2.27. The zero-order chi connectivity index (χ0) is 13.7. The maximum Gasteiger partial charge on any atom is 0.224 e. The summed E-state index contributed by atoms with van der Waals surface area (Å²) in [6.45, 7) is 0.452. The molecule has 1 aliphatic carbocycles. The van der Waals surface area contributed by atoms with E-state index in [4.69, 9.17) is 5.73 Å². The van der Waals surface area contributed by atoms with E-state index in [1.165, 1.54) is 18.9 Å². The summed E-state index contributed by atoms with van der Waals surface area (Å²) in [5, 5.41) is 2.95. The topological polar surface area (TPSA) is 55.1 Å². The van der Waals surface area contributed by atoms with E-state index < -0.39 is 0 Å². The number of carbonyl (C=O) groups excluding carboxylic acids is 1. The van der Waals surface area contributed by atoms with Gasteiger partial charge < -0.3 is 11.1 Å². The lowest BCUT2D eigenvalue weighted by atomic mass is 9.98. The first kappa shape index (κ1) is 14.0. The summed E-state index contributed by atoms with van der Waals surface area (Å²) >= 11 is 0. The summed E-state index contributed by atoms with van der Waals surface area (Å²) in [6.07, 6.45) is 4.76. The number of hydrogen-bond donors (Lipinski definition) is 2. The summed E-state index contributed by atoms with van der Waals surface area (Å²) < 4.78 is 13.5. The van der Waals surface area contributed by atoms with Crippen LogP contribution in [0.3, 0.4) is 0 Å². The zero-order valence-corrected chi connectivity index (χ0v) is 11.1. The molecule has 1 saturated carbocycles. The van der Waals surface area contributed by atoms with Crippen molar-refractivity contribution < 1.29 is 9.18 Å². The molecular formula is C15H21FN2O. The molecule has 1 atom stereocenters. The number of carbonyl (C=O) groups is 1. The molecule has 0 bridgehead atoms. The molecule has 0 radical (unpaired) electrons. The average Bonchev–Trinajstić information content (AvgIpc) is 2.92. The average molecular weight is 264 g/mol. The Labute approximate surface area is 113 Å². The lowest BCUT2D eigenvalue weighted by Gasteiger charge is -2.23. The Hall–Kier alpha value is -1.42. The molecule has 19 heavy (non-hydrogen) atoms. The van der Waals surface area contributed by atoms with Crippen LogP contribution in [0.15, 0.2) is 24.3 Å². The minimum atomic E-state index is -0.331. The largest absolute Gasteiger partial charge is 0.352 e. The maximum atomic E-state index is 13.5. The molecule has 1 fully saturated rings. The van der Waals surface area contributed by atoms with Gasteiger partial charge >= 0.3 is 0 Å². The molecule has 0 aliphatic heterocycles. The monoisotopic (exact) mass is 264 g/mol. The van der Waals surface area contributed by atoms with E-state index in [2.05, 4.69) is 5.32 Å². The van der Waals surface area contributed by atoms with Gasteiger partial charge in [0, 0.05) is 12.6 Å². The number of amides is 1. The molecule has 0 aromatic heterocycles. The molecule has 1 aliphatic rings. The van der Waals surface area contributed by atoms with Crippen molar-refractivity contribution in [3.63, 3.8) is 0 Å². The number of benzene rings is 1. The number of nitrogens with two attached hydrogens (primary N) is 1. The van der Waals surface area contributed by atoms with Crippen molar-refractivity contribution >= 4 is 5.91 Å². The number of hydrogen-bond acceptors (Lipinski definition) is 2. The summed E-state index contributed by atoms with van der Waals surface area (Å²) in [6, 6.07) is 6.41. The number of halogens is 1. The van der Waals surface area contributed by atoms with Gasteiger partial charge in [-0.2, -0.15) is 0 Å². The minimum absolute atomic E-state index is 0.0294. The highest BCUT2D eigenvalue weighted by Gasteiger charge is 2.25. The second-order valence-electron chi connectivity index (χ2n) is 5.22. The Bertz CT molecular complexity index is 430. The highest BCUT2D eigenvalue weighted by molar-refractivity contribution is 5.79. The van der Waals surface area contributed by atoms with E-state index >= 15 is 0 Å². The molecule has 0 spiro atoms. The fraction of sp³-hybridized carbons (Fsp3) is 0.533. The number of rotatable bonds is 5. The van der Waals surface area contributed by atoms with Crippen LogP contribution in [0.2, 0.25) is 0 Å². The van der Waals surface area contributed by atoms with E-state index in [-0.39, 0.29) is 24.2 Å². The molecule has 3 N–H and O–H groups in total. The van der Waals surface area contributed by atoms with Crippen LogP contribution in [0.25, 0.3) is 0 Å². The third-order valence-electron chi connectivity index (χ3n) is 3.88. The zero-order valence-electron chi connectivity index (χ0n) is 11.1. The van der Waals surface area contributed by atoms with E-state index in [9.17, 15) is 9.18 Å². The van der Waals surface area contributed by atoms with Gasteiger partial charge in [-0.05, 0) is 30.4 Å². The molecule has 1 aromatic rings. The molecule has 0 saturated heterocycles. The Morgan fingerprint density at radius 3 is 2.68 bits per heavy atom. The molecule has 1 aromatic carbocycles. The van der Waals surface area contributed by atoms with Crippen LogP contribution in [-0.4, -0.2) is 18.5 Å². The van der Waals surface area contributed by atoms with Crippen LogP contribution in [0.1, 0.15) is 31.2 Å². The first-order chi connectivity index (χ1) is 9.20. The maximum absolute atomic E-state index is 13.5. The molecular weight excluding hydrogens is 243 g/mol. The SMILES string of the molecule is NCC(NC(=O)Cc1ccccc1F)C1CCCC1. The highest BCUT2D eigenvalue weighted by atomic mass is 19.1. The summed E-state index contributed by atoms with van der Waals surface area (Å²) in [5.74, 6) is 0.00448. The minimum Gasteiger partial charge on any atom is -0.352 e. The Kier molecular flexibility index (Phi) is 4.91. The van der Waals surface area contributed by atoms with Gasteiger partial charge in [0.2, 0.25) is 5.91 Å². The predicted molar refractivity (Wildman–Crippen MR) is 73.0 cm³/mol. The van der Waals surface area contributed by atoms with Crippen molar-refractivity contribution in [3.05, 3.63) is 35.6 Å². The van der Waals surface area contributed by atoms with Gasteiger partial charge in [0.15, 0.2) is 0 Å². The van der Waals surface area contributed by atoms with Crippen molar-refractivity contribution in [2.24, 2.45) is 11.7 Å². The molecule has 4 heteroatoms. The standard InChI is InChI=1S/C15H21FN2O/c16-13-8-4-3-7-12(13)9-15(19)18-14(10-17)11-5-1-2-6-11/h3-4,7-8,11,14H,1-2,5-6,9-10,17H2,(H,18,19). The normalized spacial score (nSPS) is 17.4. The van der Waals surface area contributed by atoms with E-state index in [0.717, 1.165) is 12.8 Å². The molecule has 1 unspecified atom stereocenters. The second-order valence-corrected chi connectivity index (χ2v) is 5.22. The second kappa shape index (κ2) is 6.66. The molecule has 0 heterocycles. The van der Waals surface area contributed by atoms with Crippen molar-refractivity contribution in [3.8, 4) is 0 Å². The van der Waals surface area contributed by atoms with Crippen LogP contribution in [0, 0.1) is 11.7 Å². The number of nitrogens with one attached hydrogen (secondary N) is 1. The summed E-state index contributed by atoms with van der Waals surface area (Å²) in [4.78, 5) is 12.0.